The number of hydrogen-bond donors (Lipinski definition) is 1. The molecule has 1 aromatic carbocycles. The maximum atomic E-state index is 13.8. The van der Waals surface area contributed by atoms with Gasteiger partial charge in [-0.3, -0.25) is 4.79 Å². The van der Waals surface area contributed by atoms with Crippen molar-refractivity contribution in [3.05, 3.63) is 51.9 Å². The minimum Gasteiger partial charge on any atom is -0.508 e. The number of unbranched alkanes of at least 4 members (excludes halogenated alkanes) is 8. The lowest BCUT2D eigenvalue weighted by Gasteiger charge is -2.19. The zero-order valence-corrected chi connectivity index (χ0v) is 24.6. The topological polar surface area (TPSA) is 60.7 Å². The zero-order valence-electron chi connectivity index (χ0n) is 24.6. The number of fused-ring (bicyclic) bond motifs is 1. The van der Waals surface area contributed by atoms with Crippen molar-refractivity contribution in [2.75, 3.05) is 13.2 Å². The van der Waals surface area contributed by atoms with Crippen molar-refractivity contribution >= 4 is 10.9 Å². The van der Waals surface area contributed by atoms with E-state index in [0.717, 1.165) is 56.8 Å². The number of aromatic nitrogens is 1. The first-order chi connectivity index (χ1) is 18.4. The van der Waals surface area contributed by atoms with E-state index in [1.807, 2.05) is 6.07 Å². The Labute approximate surface area is 230 Å². The number of phenolic OH excluding ortho intramolecular Hbond substituents is 1. The molecule has 1 heterocycles. The van der Waals surface area contributed by atoms with E-state index < -0.39 is 0 Å². The number of allylic oxidation sites excluding steroid dienone is 3. The average Bonchev–Trinajstić information content (AvgIpc) is 2.88. The molecule has 0 radical (unpaired) electrons. The molecule has 0 fully saturated rings. The highest BCUT2D eigenvalue weighted by atomic mass is 16.5. The van der Waals surface area contributed by atoms with Crippen LogP contribution in [0.25, 0.3) is 10.9 Å². The average molecular weight is 526 g/mol. The summed E-state index contributed by atoms with van der Waals surface area (Å²) in [5.74, 6) is 0.914. The summed E-state index contributed by atoms with van der Waals surface area (Å²) in [6, 6.07) is 5.17. The maximum absolute atomic E-state index is 13.8. The lowest BCUT2D eigenvalue weighted by atomic mass is 10.1. The Kier molecular flexibility index (Phi) is 14.7. The molecule has 0 unspecified atom stereocenters. The molecule has 0 amide bonds. The number of benzene rings is 1. The monoisotopic (exact) mass is 525 g/mol. The molecule has 38 heavy (non-hydrogen) atoms. The van der Waals surface area contributed by atoms with Crippen LogP contribution in [0.4, 0.5) is 0 Å². The SMILES string of the molecule is CCCCCCCCn1c(=O)c(OCCCCCC)c(OC/C=C(\C)CCC=C(C)C)c2ccc(O)cc21. The fraction of sp³-hybridized carbons (Fsp3) is 0.606. The van der Waals surface area contributed by atoms with Gasteiger partial charge in [0.05, 0.1) is 12.1 Å². The summed E-state index contributed by atoms with van der Waals surface area (Å²) < 4.78 is 14.2. The minimum absolute atomic E-state index is 0.141. The van der Waals surface area contributed by atoms with Gasteiger partial charge < -0.3 is 19.1 Å². The number of ether oxygens (including phenoxy) is 2. The third-order valence-corrected chi connectivity index (χ3v) is 6.89. The van der Waals surface area contributed by atoms with Crippen LogP contribution < -0.4 is 15.0 Å². The largest absolute Gasteiger partial charge is 0.508 e. The van der Waals surface area contributed by atoms with Crippen LogP contribution in [0, 0.1) is 0 Å². The van der Waals surface area contributed by atoms with Gasteiger partial charge in [-0.05, 0) is 64.7 Å². The van der Waals surface area contributed by atoms with Gasteiger partial charge in [-0.1, -0.05) is 82.4 Å². The van der Waals surface area contributed by atoms with Crippen molar-refractivity contribution < 1.29 is 14.6 Å². The van der Waals surface area contributed by atoms with Gasteiger partial charge in [0, 0.05) is 18.0 Å². The van der Waals surface area contributed by atoms with Gasteiger partial charge in [-0.15, -0.1) is 0 Å². The molecule has 0 aliphatic heterocycles. The van der Waals surface area contributed by atoms with Gasteiger partial charge in [0.2, 0.25) is 5.75 Å². The molecule has 212 valence electrons. The first-order valence-corrected chi connectivity index (χ1v) is 14.8. The van der Waals surface area contributed by atoms with E-state index in [-0.39, 0.29) is 11.3 Å². The van der Waals surface area contributed by atoms with Crippen LogP contribution in [0.5, 0.6) is 17.2 Å². The van der Waals surface area contributed by atoms with E-state index >= 15 is 0 Å². The summed E-state index contributed by atoms with van der Waals surface area (Å²) in [7, 11) is 0. The Morgan fingerprint density at radius 1 is 0.868 bits per heavy atom. The Morgan fingerprint density at radius 2 is 1.55 bits per heavy atom. The molecule has 5 nitrogen and oxygen atoms in total. The number of rotatable bonds is 19. The van der Waals surface area contributed by atoms with Gasteiger partial charge in [-0.25, -0.2) is 0 Å². The van der Waals surface area contributed by atoms with Crippen LogP contribution in [-0.2, 0) is 6.54 Å². The van der Waals surface area contributed by atoms with Crippen molar-refractivity contribution in [3.63, 3.8) is 0 Å². The fourth-order valence-electron chi connectivity index (χ4n) is 4.59. The number of aromatic hydroxyl groups is 1. The molecule has 0 spiro atoms. The smallest absolute Gasteiger partial charge is 0.297 e. The Bertz CT molecular complexity index is 1090. The van der Waals surface area contributed by atoms with Crippen molar-refractivity contribution in [1.29, 1.82) is 0 Å². The van der Waals surface area contributed by atoms with Crippen molar-refractivity contribution in [3.8, 4) is 17.2 Å². The molecule has 0 aliphatic carbocycles. The van der Waals surface area contributed by atoms with Gasteiger partial charge in [-0.2, -0.15) is 0 Å². The summed E-state index contributed by atoms with van der Waals surface area (Å²) >= 11 is 0. The first kappa shape index (κ1) is 31.5. The van der Waals surface area contributed by atoms with Crippen molar-refractivity contribution in [2.45, 2.75) is 118 Å². The van der Waals surface area contributed by atoms with Gasteiger partial charge in [0.15, 0.2) is 5.75 Å². The minimum atomic E-state index is -0.175. The van der Waals surface area contributed by atoms with Crippen LogP contribution in [0.15, 0.2) is 46.3 Å². The highest BCUT2D eigenvalue weighted by molar-refractivity contribution is 5.89. The van der Waals surface area contributed by atoms with Gasteiger partial charge in [0.1, 0.15) is 12.4 Å². The van der Waals surface area contributed by atoms with Crippen molar-refractivity contribution in [2.24, 2.45) is 0 Å². The molecule has 2 rings (SSSR count). The molecule has 0 saturated carbocycles. The molecule has 0 aliphatic rings. The first-order valence-electron chi connectivity index (χ1n) is 14.8. The van der Waals surface area contributed by atoms with Crippen LogP contribution in [0.2, 0.25) is 0 Å². The summed E-state index contributed by atoms with van der Waals surface area (Å²) in [6.45, 7) is 12.2. The second-order valence-electron chi connectivity index (χ2n) is 10.7. The molecule has 1 N–H and O–H groups in total. The zero-order chi connectivity index (χ0) is 27.8. The van der Waals surface area contributed by atoms with E-state index in [0.29, 0.717) is 36.8 Å². The second kappa shape index (κ2) is 17.8. The Balaban J connectivity index is 2.34. The van der Waals surface area contributed by atoms with Crippen LogP contribution in [-0.4, -0.2) is 22.9 Å². The number of nitrogens with zero attached hydrogens (tertiary/aromatic N) is 1. The number of hydrogen-bond acceptors (Lipinski definition) is 4. The summed E-state index contributed by atoms with van der Waals surface area (Å²) in [4.78, 5) is 13.8. The fourth-order valence-corrected chi connectivity index (χ4v) is 4.59. The summed E-state index contributed by atoms with van der Waals surface area (Å²) in [6.07, 6.45) is 17.5. The quantitative estimate of drug-likeness (QED) is 0.147. The van der Waals surface area contributed by atoms with E-state index in [4.69, 9.17) is 9.47 Å². The molecule has 5 heteroatoms. The van der Waals surface area contributed by atoms with Crippen LogP contribution in [0.1, 0.15) is 112 Å². The predicted molar refractivity (Wildman–Crippen MR) is 161 cm³/mol. The molecule has 0 bridgehead atoms. The number of aryl methyl sites for hydroxylation is 1. The van der Waals surface area contributed by atoms with Gasteiger partial charge >= 0.3 is 0 Å². The van der Waals surface area contributed by atoms with E-state index in [9.17, 15) is 9.90 Å². The highest BCUT2D eigenvalue weighted by Crippen LogP contribution is 2.35. The lowest BCUT2D eigenvalue weighted by Crippen LogP contribution is -2.24. The molecule has 1 aromatic heterocycles. The van der Waals surface area contributed by atoms with Crippen molar-refractivity contribution in [1.82, 2.24) is 4.57 Å². The number of pyridine rings is 1. The van der Waals surface area contributed by atoms with Crippen LogP contribution in [0.3, 0.4) is 0 Å². The van der Waals surface area contributed by atoms with E-state index in [1.54, 1.807) is 16.7 Å². The molecule has 0 saturated heterocycles. The molecular formula is C33H51NO4. The molecular weight excluding hydrogens is 474 g/mol. The summed E-state index contributed by atoms with van der Waals surface area (Å²) in [5.41, 5.74) is 3.10. The predicted octanol–water partition coefficient (Wildman–Crippen LogP) is 9.10. The van der Waals surface area contributed by atoms with E-state index in [2.05, 4.69) is 46.8 Å². The third-order valence-electron chi connectivity index (χ3n) is 6.89. The lowest BCUT2D eigenvalue weighted by molar-refractivity contribution is 0.272. The van der Waals surface area contributed by atoms with E-state index in [1.165, 1.54) is 36.8 Å². The Morgan fingerprint density at radius 3 is 2.26 bits per heavy atom. The standard InChI is InChI=1S/C33H51NO4/c1-6-8-10-12-13-14-22-34-30-25-28(35)19-20-29(30)31(32(33(34)36)37-23-15-11-9-7-2)38-24-21-27(5)18-16-17-26(3)4/h17,19-21,25,35H,6-16,18,22-24H2,1-5H3/b27-21+. The number of phenols is 1. The maximum Gasteiger partial charge on any atom is 0.297 e. The van der Waals surface area contributed by atoms with Gasteiger partial charge in [0.25, 0.3) is 5.56 Å². The molecule has 0 atom stereocenters. The summed E-state index contributed by atoms with van der Waals surface area (Å²) in [5, 5.41) is 11.1. The highest BCUT2D eigenvalue weighted by Gasteiger charge is 2.20. The van der Waals surface area contributed by atoms with Crippen LogP contribution >= 0.6 is 0 Å². The third kappa shape index (κ3) is 10.6. The molecule has 2 aromatic rings. The Hall–Kier alpha value is -2.69. The second-order valence-corrected chi connectivity index (χ2v) is 10.7. The normalized spacial score (nSPS) is 11.7.